The van der Waals surface area contributed by atoms with Gasteiger partial charge < -0.3 is 21.3 Å². The van der Waals surface area contributed by atoms with Gasteiger partial charge in [-0.15, -0.1) is 0 Å². The van der Waals surface area contributed by atoms with Gasteiger partial charge in [-0.25, -0.2) is 15.0 Å². The van der Waals surface area contributed by atoms with E-state index in [9.17, 15) is 16.8 Å². The fourth-order valence-electron chi connectivity index (χ4n) is 2.80. The first-order valence-electron chi connectivity index (χ1n) is 10.3. The summed E-state index contributed by atoms with van der Waals surface area (Å²) in [6.45, 7) is 3.33. The molecule has 3 aromatic rings. The molecule has 16 nitrogen and oxygen atoms in total. The van der Waals surface area contributed by atoms with Crippen LogP contribution in [0.2, 0.25) is 0 Å². The van der Waals surface area contributed by atoms with Crippen LogP contribution >= 0.6 is 0 Å². The van der Waals surface area contributed by atoms with Crippen molar-refractivity contribution in [3.05, 3.63) is 35.9 Å². The standard InChI is InChI=1S/C18H24N10O6S2/c1-11-8-14(12(2)7-13(11)24-15-22-9-19-10-23-15)25-18-27-16(20-3-5-35(29,30)31)26-17(28-18)21-4-6-36(32,33)34/h7-10H,3-6H2,1-2H3,(H,29,30,31)(H,32,33,34)(H,19,22,23,24)(H3,20,21,25,26,27,28). The van der Waals surface area contributed by atoms with Crippen molar-refractivity contribution in [3.8, 4) is 0 Å². The van der Waals surface area contributed by atoms with Crippen molar-refractivity contribution in [3.63, 3.8) is 0 Å². The van der Waals surface area contributed by atoms with Crippen LogP contribution in [0.1, 0.15) is 11.1 Å². The topological polar surface area (TPSA) is 234 Å². The lowest BCUT2D eigenvalue weighted by Crippen LogP contribution is -2.19. The normalized spacial score (nSPS) is 11.7. The van der Waals surface area contributed by atoms with Crippen LogP contribution < -0.4 is 21.3 Å². The van der Waals surface area contributed by atoms with Crippen molar-refractivity contribution in [1.82, 2.24) is 29.9 Å². The summed E-state index contributed by atoms with van der Waals surface area (Å²) in [6.07, 6.45) is 2.74. The van der Waals surface area contributed by atoms with Crippen molar-refractivity contribution in [1.29, 1.82) is 0 Å². The molecule has 0 bridgehead atoms. The second-order valence-electron chi connectivity index (χ2n) is 7.43. The molecule has 0 aliphatic rings. The maximum atomic E-state index is 11.0. The largest absolute Gasteiger partial charge is 0.353 e. The highest BCUT2D eigenvalue weighted by Crippen LogP contribution is 2.28. The van der Waals surface area contributed by atoms with Crippen LogP contribution in [0.4, 0.5) is 35.2 Å². The molecule has 18 heteroatoms. The average Bonchev–Trinajstić information content (AvgIpc) is 2.76. The number of nitrogens with zero attached hydrogens (tertiary/aromatic N) is 6. The molecule has 194 valence electrons. The van der Waals surface area contributed by atoms with Gasteiger partial charge in [-0.1, -0.05) is 0 Å². The minimum Gasteiger partial charge on any atom is -0.353 e. The smallest absolute Gasteiger partial charge is 0.266 e. The van der Waals surface area contributed by atoms with Crippen LogP contribution in [-0.2, 0) is 20.2 Å². The summed E-state index contributed by atoms with van der Waals surface area (Å²) < 4.78 is 61.8. The highest BCUT2D eigenvalue weighted by Gasteiger charge is 2.13. The lowest BCUT2D eigenvalue weighted by molar-refractivity contribution is 0.481. The molecule has 0 aliphatic heterocycles. The van der Waals surface area contributed by atoms with Gasteiger partial charge in [0.05, 0.1) is 11.5 Å². The highest BCUT2D eigenvalue weighted by atomic mass is 32.2. The number of nitrogens with one attached hydrogen (secondary N) is 4. The van der Waals surface area contributed by atoms with E-state index in [4.69, 9.17) is 9.11 Å². The van der Waals surface area contributed by atoms with Gasteiger partial charge in [0.2, 0.25) is 23.8 Å². The van der Waals surface area contributed by atoms with Crippen molar-refractivity contribution in [2.24, 2.45) is 0 Å². The Bertz CT molecular complexity index is 1370. The van der Waals surface area contributed by atoms with E-state index in [1.54, 1.807) is 0 Å². The van der Waals surface area contributed by atoms with Gasteiger partial charge in [0.1, 0.15) is 12.7 Å². The molecule has 0 saturated carbocycles. The maximum absolute atomic E-state index is 11.0. The van der Waals surface area contributed by atoms with Gasteiger partial charge in [0, 0.05) is 24.5 Å². The number of aryl methyl sites for hydroxylation is 2. The Morgan fingerprint density at radius 2 is 1.11 bits per heavy atom. The third kappa shape index (κ3) is 8.80. The number of aromatic nitrogens is 6. The quantitative estimate of drug-likeness (QED) is 0.174. The molecule has 0 radical (unpaired) electrons. The molecule has 36 heavy (non-hydrogen) atoms. The van der Waals surface area contributed by atoms with Crippen molar-refractivity contribution >= 4 is 55.4 Å². The number of rotatable bonds is 12. The van der Waals surface area contributed by atoms with E-state index in [1.807, 2.05) is 26.0 Å². The zero-order valence-electron chi connectivity index (χ0n) is 19.2. The zero-order chi connectivity index (χ0) is 26.3. The third-order valence-electron chi connectivity index (χ3n) is 4.48. The second kappa shape index (κ2) is 11.3. The molecule has 6 N–H and O–H groups in total. The van der Waals surface area contributed by atoms with Gasteiger partial charge in [-0.05, 0) is 37.1 Å². The molecule has 0 unspecified atom stereocenters. The van der Waals surface area contributed by atoms with Crippen molar-refractivity contribution in [2.75, 3.05) is 45.9 Å². The molecule has 0 saturated heterocycles. The Kier molecular flexibility index (Phi) is 8.45. The van der Waals surface area contributed by atoms with Crippen LogP contribution in [0.15, 0.2) is 24.8 Å². The summed E-state index contributed by atoms with van der Waals surface area (Å²) in [5.41, 5.74) is 3.06. The Labute approximate surface area is 207 Å². The highest BCUT2D eigenvalue weighted by molar-refractivity contribution is 7.86. The molecule has 0 spiro atoms. The SMILES string of the molecule is Cc1cc(Nc2nc(NCCS(=O)(=O)O)nc(NCCS(=O)(=O)O)n2)c(C)cc1Nc1ncncn1. The van der Waals surface area contributed by atoms with E-state index < -0.39 is 31.7 Å². The Morgan fingerprint density at radius 3 is 1.56 bits per heavy atom. The molecule has 1 aromatic carbocycles. The van der Waals surface area contributed by atoms with Gasteiger partial charge in [-0.2, -0.15) is 31.8 Å². The van der Waals surface area contributed by atoms with E-state index in [-0.39, 0.29) is 30.9 Å². The minimum atomic E-state index is -4.21. The zero-order valence-corrected chi connectivity index (χ0v) is 20.8. The first-order valence-corrected chi connectivity index (χ1v) is 13.5. The number of benzene rings is 1. The second-order valence-corrected chi connectivity index (χ2v) is 10.6. The fourth-order valence-corrected chi connectivity index (χ4v) is 3.52. The van der Waals surface area contributed by atoms with Crippen LogP contribution in [-0.4, -0.2) is 80.4 Å². The molecular formula is C18H24N10O6S2. The van der Waals surface area contributed by atoms with E-state index >= 15 is 0 Å². The van der Waals surface area contributed by atoms with Crippen LogP contribution in [0.3, 0.4) is 0 Å². The fraction of sp³-hybridized carbons (Fsp3) is 0.333. The van der Waals surface area contributed by atoms with Crippen LogP contribution in [0, 0.1) is 13.8 Å². The predicted molar refractivity (Wildman–Crippen MR) is 132 cm³/mol. The molecule has 0 atom stereocenters. The molecule has 2 heterocycles. The number of hydrogen-bond donors (Lipinski definition) is 6. The lowest BCUT2D eigenvalue weighted by atomic mass is 10.1. The first kappa shape index (κ1) is 26.9. The van der Waals surface area contributed by atoms with Gasteiger partial charge in [0.15, 0.2) is 0 Å². The first-order chi connectivity index (χ1) is 16.9. The molecule has 3 rings (SSSR count). The van der Waals surface area contributed by atoms with E-state index in [0.717, 1.165) is 16.8 Å². The van der Waals surface area contributed by atoms with Gasteiger partial charge >= 0.3 is 0 Å². The lowest BCUT2D eigenvalue weighted by Gasteiger charge is -2.15. The van der Waals surface area contributed by atoms with Crippen molar-refractivity contribution < 1.29 is 25.9 Å². The third-order valence-corrected chi connectivity index (χ3v) is 5.92. The summed E-state index contributed by atoms with van der Waals surface area (Å²) in [5.74, 6) is -0.788. The summed E-state index contributed by atoms with van der Waals surface area (Å²) >= 11 is 0. The summed E-state index contributed by atoms with van der Waals surface area (Å²) in [5, 5.41) is 11.5. The maximum Gasteiger partial charge on any atom is 0.266 e. The summed E-state index contributed by atoms with van der Waals surface area (Å²) in [6, 6.07) is 3.69. The molecule has 0 aliphatic carbocycles. The van der Waals surface area contributed by atoms with Gasteiger partial charge in [-0.3, -0.25) is 9.11 Å². The van der Waals surface area contributed by atoms with E-state index in [1.165, 1.54) is 12.7 Å². The number of anilines is 6. The van der Waals surface area contributed by atoms with Crippen LogP contribution in [0.25, 0.3) is 0 Å². The Morgan fingerprint density at radius 1 is 0.694 bits per heavy atom. The molecule has 0 fully saturated rings. The van der Waals surface area contributed by atoms with Crippen molar-refractivity contribution in [2.45, 2.75) is 13.8 Å². The van der Waals surface area contributed by atoms with E-state index in [2.05, 4.69) is 51.2 Å². The predicted octanol–water partition coefficient (Wildman–Crippen LogP) is 0.760. The molecular weight excluding hydrogens is 516 g/mol. The minimum absolute atomic E-state index is 0.0343. The van der Waals surface area contributed by atoms with Gasteiger partial charge in [0.25, 0.3) is 20.2 Å². The molecule has 2 aromatic heterocycles. The summed E-state index contributed by atoms with van der Waals surface area (Å²) in [4.78, 5) is 24.3. The Balaban J connectivity index is 1.82. The van der Waals surface area contributed by atoms with Crippen LogP contribution in [0.5, 0.6) is 0 Å². The monoisotopic (exact) mass is 540 g/mol. The average molecular weight is 541 g/mol. The molecule has 0 amide bonds. The van der Waals surface area contributed by atoms with E-state index in [0.29, 0.717) is 11.6 Å². The number of hydrogen-bond acceptors (Lipinski definition) is 14. The Hall–Kier alpha value is -3.74. The summed E-state index contributed by atoms with van der Waals surface area (Å²) in [7, 11) is -8.42.